The number of aromatic nitrogens is 4. The third-order valence-electron chi connectivity index (χ3n) is 5.99. The fourth-order valence-corrected chi connectivity index (χ4v) is 4.22. The molecule has 33 heavy (non-hydrogen) atoms. The summed E-state index contributed by atoms with van der Waals surface area (Å²) >= 11 is 0. The number of hydrogen-bond acceptors (Lipinski definition) is 6. The first-order valence-corrected chi connectivity index (χ1v) is 11.5. The van der Waals surface area contributed by atoms with Gasteiger partial charge in [0.15, 0.2) is 0 Å². The van der Waals surface area contributed by atoms with E-state index in [9.17, 15) is 4.79 Å². The van der Waals surface area contributed by atoms with Crippen molar-refractivity contribution >= 4 is 11.7 Å². The molecule has 1 fully saturated rings. The van der Waals surface area contributed by atoms with Crippen molar-refractivity contribution in [2.75, 3.05) is 25.6 Å². The summed E-state index contributed by atoms with van der Waals surface area (Å²) in [5.41, 5.74) is 3.07. The Balaban J connectivity index is 1.42. The van der Waals surface area contributed by atoms with Crippen LogP contribution in [-0.4, -0.2) is 46.4 Å². The van der Waals surface area contributed by atoms with E-state index in [0.29, 0.717) is 24.9 Å². The Kier molecular flexibility index (Phi) is 7.67. The van der Waals surface area contributed by atoms with Crippen molar-refractivity contribution in [2.24, 2.45) is 5.92 Å². The molecular weight excluding hydrogens is 418 g/mol. The molecule has 2 heterocycles. The van der Waals surface area contributed by atoms with Gasteiger partial charge in [0.2, 0.25) is 5.82 Å². The molecular formula is C25H31N5O3. The van der Waals surface area contributed by atoms with Gasteiger partial charge in [-0.2, -0.15) is 0 Å². The van der Waals surface area contributed by atoms with Gasteiger partial charge in [-0.05, 0) is 53.8 Å². The Morgan fingerprint density at radius 3 is 2.82 bits per heavy atom. The summed E-state index contributed by atoms with van der Waals surface area (Å²) in [5, 5.41) is 11.0. The molecule has 8 heteroatoms. The smallest absolute Gasteiger partial charge is 0.294 e. The predicted molar refractivity (Wildman–Crippen MR) is 126 cm³/mol. The Labute approximate surface area is 194 Å². The second-order valence-corrected chi connectivity index (χ2v) is 8.53. The van der Waals surface area contributed by atoms with Gasteiger partial charge >= 0.3 is 0 Å². The summed E-state index contributed by atoms with van der Waals surface area (Å²) in [6, 6.07) is 9.77. The number of aromatic amines is 1. The van der Waals surface area contributed by atoms with Crippen LogP contribution in [0.15, 0.2) is 36.5 Å². The average molecular weight is 450 g/mol. The molecule has 1 amide bonds. The van der Waals surface area contributed by atoms with Crippen LogP contribution in [0.1, 0.15) is 54.1 Å². The number of amides is 1. The van der Waals surface area contributed by atoms with Gasteiger partial charge in [0.25, 0.3) is 5.91 Å². The predicted octanol–water partition coefficient (Wildman–Crippen LogP) is 4.58. The number of benzene rings is 1. The van der Waals surface area contributed by atoms with Crippen molar-refractivity contribution in [2.45, 2.75) is 45.4 Å². The van der Waals surface area contributed by atoms with Crippen LogP contribution < -0.4 is 10.1 Å². The lowest BCUT2D eigenvalue weighted by Gasteiger charge is -2.12. The molecule has 174 valence electrons. The lowest BCUT2D eigenvalue weighted by Crippen LogP contribution is -2.15. The maximum Gasteiger partial charge on any atom is 0.294 e. The van der Waals surface area contributed by atoms with Gasteiger partial charge in [0.05, 0.1) is 6.61 Å². The van der Waals surface area contributed by atoms with Crippen LogP contribution in [0.3, 0.4) is 0 Å². The number of anilines is 1. The minimum atomic E-state index is -0.350. The molecule has 0 spiro atoms. The molecule has 0 radical (unpaired) electrons. The molecule has 8 nitrogen and oxygen atoms in total. The second kappa shape index (κ2) is 11.0. The third-order valence-corrected chi connectivity index (χ3v) is 5.99. The van der Waals surface area contributed by atoms with Gasteiger partial charge in [-0.15, -0.1) is 10.2 Å². The van der Waals surface area contributed by atoms with Crippen LogP contribution in [0.25, 0.3) is 11.1 Å². The molecule has 2 aromatic heterocycles. The highest BCUT2D eigenvalue weighted by molar-refractivity contribution is 6.01. The molecule has 1 aliphatic rings. The fraction of sp³-hybridized carbons (Fsp3) is 0.440. The zero-order valence-electron chi connectivity index (χ0n) is 19.3. The molecule has 3 aromatic rings. The van der Waals surface area contributed by atoms with Gasteiger partial charge in [0.1, 0.15) is 17.4 Å². The molecule has 0 atom stereocenters. The van der Waals surface area contributed by atoms with E-state index in [-0.39, 0.29) is 11.7 Å². The van der Waals surface area contributed by atoms with Gasteiger partial charge in [-0.3, -0.25) is 4.79 Å². The van der Waals surface area contributed by atoms with E-state index in [2.05, 4.69) is 25.5 Å². The number of carbonyl (C=O) groups is 1. The summed E-state index contributed by atoms with van der Waals surface area (Å²) in [7, 11) is 1.68. The van der Waals surface area contributed by atoms with Gasteiger partial charge < -0.3 is 19.8 Å². The van der Waals surface area contributed by atoms with Crippen molar-refractivity contribution in [1.82, 2.24) is 20.2 Å². The first-order chi connectivity index (χ1) is 16.1. The minimum Gasteiger partial charge on any atom is -0.493 e. The normalized spacial score (nSPS) is 13.9. The van der Waals surface area contributed by atoms with E-state index < -0.39 is 0 Å². The maximum atomic E-state index is 12.7. The number of rotatable bonds is 10. The lowest BCUT2D eigenvalue weighted by atomic mass is 10.0. The summed E-state index contributed by atoms with van der Waals surface area (Å²) in [5.74, 6) is 2.51. The monoisotopic (exact) mass is 449 g/mol. The van der Waals surface area contributed by atoms with E-state index >= 15 is 0 Å². The molecule has 1 saturated carbocycles. The second-order valence-electron chi connectivity index (χ2n) is 8.53. The highest BCUT2D eigenvalue weighted by atomic mass is 16.5. The van der Waals surface area contributed by atoms with Crippen molar-refractivity contribution in [3.05, 3.63) is 53.7 Å². The Morgan fingerprint density at radius 2 is 2.00 bits per heavy atom. The standard InChI is InChI=1S/C25H31N5O3/c1-17-8-9-20(33-13-5-12-32-2)16-21(17)19-10-11-26-22(15-19)28-25(31)24-27-23(29-30-24)14-18-6-3-4-7-18/h8-11,15-16,18H,3-7,12-14H2,1-2H3,(H,26,28,31)(H,27,29,30). The lowest BCUT2D eigenvalue weighted by molar-refractivity contribution is 0.101. The minimum absolute atomic E-state index is 0.206. The van der Waals surface area contributed by atoms with Gasteiger partial charge in [-0.25, -0.2) is 4.98 Å². The Hall–Kier alpha value is -3.26. The number of nitrogens with zero attached hydrogens (tertiary/aromatic N) is 3. The van der Waals surface area contributed by atoms with Crippen molar-refractivity contribution in [3.8, 4) is 16.9 Å². The molecule has 1 aliphatic carbocycles. The van der Waals surface area contributed by atoms with E-state index in [0.717, 1.165) is 41.1 Å². The Bertz CT molecular complexity index is 1080. The SMILES string of the molecule is COCCCOc1ccc(C)c(-c2ccnc(NC(=O)c3nnc(CC4CCCC4)[nH]3)c2)c1. The largest absolute Gasteiger partial charge is 0.493 e. The summed E-state index contributed by atoms with van der Waals surface area (Å²) < 4.78 is 10.9. The van der Waals surface area contributed by atoms with Crippen LogP contribution in [-0.2, 0) is 11.2 Å². The maximum absolute atomic E-state index is 12.7. The molecule has 0 aliphatic heterocycles. The quantitative estimate of drug-likeness (QED) is 0.440. The van der Waals surface area contributed by atoms with Crippen molar-refractivity contribution < 1.29 is 14.3 Å². The molecule has 2 N–H and O–H groups in total. The third kappa shape index (κ3) is 6.16. The van der Waals surface area contributed by atoms with Crippen LogP contribution in [0.5, 0.6) is 5.75 Å². The first kappa shape index (κ1) is 22.9. The van der Waals surface area contributed by atoms with Crippen LogP contribution in [0, 0.1) is 12.8 Å². The molecule has 0 unspecified atom stereocenters. The van der Waals surface area contributed by atoms with Gasteiger partial charge in [0, 0.05) is 32.8 Å². The van der Waals surface area contributed by atoms with E-state index in [1.165, 1.54) is 25.7 Å². The number of aryl methyl sites for hydroxylation is 1. The summed E-state index contributed by atoms with van der Waals surface area (Å²) in [6.07, 6.45) is 8.34. The number of ether oxygens (including phenoxy) is 2. The molecule has 0 bridgehead atoms. The highest BCUT2D eigenvalue weighted by Gasteiger charge is 2.19. The highest BCUT2D eigenvalue weighted by Crippen LogP contribution is 2.29. The zero-order valence-corrected chi connectivity index (χ0v) is 19.3. The van der Waals surface area contributed by atoms with Crippen LogP contribution in [0.4, 0.5) is 5.82 Å². The summed E-state index contributed by atoms with van der Waals surface area (Å²) in [6.45, 7) is 3.30. The Morgan fingerprint density at radius 1 is 1.15 bits per heavy atom. The number of carbonyl (C=O) groups excluding carboxylic acids is 1. The van der Waals surface area contributed by atoms with Crippen molar-refractivity contribution in [3.63, 3.8) is 0 Å². The molecule has 4 rings (SSSR count). The number of hydrogen-bond donors (Lipinski definition) is 2. The summed E-state index contributed by atoms with van der Waals surface area (Å²) in [4.78, 5) is 20.1. The number of pyridine rings is 1. The zero-order chi connectivity index (χ0) is 23.0. The topological polar surface area (TPSA) is 102 Å². The molecule has 0 saturated heterocycles. The van der Waals surface area contributed by atoms with Crippen LogP contribution >= 0.6 is 0 Å². The first-order valence-electron chi connectivity index (χ1n) is 11.5. The van der Waals surface area contributed by atoms with Crippen LogP contribution in [0.2, 0.25) is 0 Å². The van der Waals surface area contributed by atoms with E-state index in [1.807, 2.05) is 37.3 Å². The van der Waals surface area contributed by atoms with Crippen molar-refractivity contribution in [1.29, 1.82) is 0 Å². The van der Waals surface area contributed by atoms with Gasteiger partial charge in [-0.1, -0.05) is 31.7 Å². The average Bonchev–Trinajstić information content (AvgIpc) is 3.51. The van der Waals surface area contributed by atoms with E-state index in [4.69, 9.17) is 9.47 Å². The molecule has 1 aromatic carbocycles. The number of H-pyrrole nitrogens is 1. The number of methoxy groups -OCH3 is 1. The number of nitrogens with one attached hydrogen (secondary N) is 2. The fourth-order valence-electron chi connectivity index (χ4n) is 4.22. The van der Waals surface area contributed by atoms with E-state index in [1.54, 1.807) is 13.3 Å².